The average molecular weight is 494 g/mol. The molecule has 1 aliphatic rings. The Morgan fingerprint density at radius 2 is 1.38 bits per heavy atom. The zero-order chi connectivity index (χ0) is 24.7. The smallest absolute Gasteiger partial charge is 0.301 e. The summed E-state index contributed by atoms with van der Waals surface area (Å²) >= 11 is 0.731. The molecule has 186 valence electrons. The van der Waals surface area contributed by atoms with E-state index >= 15 is 0 Å². The summed E-state index contributed by atoms with van der Waals surface area (Å²) < 4.78 is 83.6. The van der Waals surface area contributed by atoms with Crippen LogP contribution in [0.2, 0.25) is 0 Å². The van der Waals surface area contributed by atoms with Gasteiger partial charge in [-0.15, -0.1) is 0 Å². The van der Waals surface area contributed by atoms with Crippen LogP contribution in [0.1, 0.15) is 69.1 Å². The summed E-state index contributed by atoms with van der Waals surface area (Å²) in [6.45, 7) is 6.33. The van der Waals surface area contributed by atoms with E-state index in [2.05, 4.69) is 30.5 Å². The molecule has 1 aromatic rings. The van der Waals surface area contributed by atoms with Crippen LogP contribution in [0.15, 0.2) is 18.2 Å². The maximum absolute atomic E-state index is 12.8. The van der Waals surface area contributed by atoms with Crippen LogP contribution in [0, 0.1) is 0 Å². The average Bonchev–Trinajstić information content (AvgIpc) is 2.70. The summed E-state index contributed by atoms with van der Waals surface area (Å²) in [5, 5.41) is 0. The lowest BCUT2D eigenvalue weighted by atomic mass is 9.81. The normalized spacial score (nSPS) is 20.2. The number of thiol groups is 1. The van der Waals surface area contributed by atoms with Crippen LogP contribution < -0.4 is 5.90 Å². The molecule has 0 atom stereocenters. The van der Waals surface area contributed by atoms with E-state index in [1.54, 1.807) is 0 Å². The highest BCUT2D eigenvalue weighted by Gasteiger charge is 2.38. The van der Waals surface area contributed by atoms with Crippen LogP contribution in [0.3, 0.4) is 0 Å². The first-order chi connectivity index (χ1) is 14.6. The van der Waals surface area contributed by atoms with E-state index in [0.29, 0.717) is 25.7 Å². The number of hydrogen-bond donors (Lipinski definition) is 1. The van der Waals surface area contributed by atoms with Gasteiger partial charge < -0.3 is 4.84 Å². The van der Waals surface area contributed by atoms with Gasteiger partial charge in [-0.1, -0.05) is 4.31 Å². The van der Waals surface area contributed by atoms with Crippen LogP contribution in [0.25, 0.3) is 0 Å². The minimum Gasteiger partial charge on any atom is -0.301 e. The zero-order valence-electron chi connectivity index (χ0n) is 18.7. The summed E-state index contributed by atoms with van der Waals surface area (Å²) in [5.74, 6) is 4.70. The summed E-state index contributed by atoms with van der Waals surface area (Å²) in [4.78, 5) is 9.12. The van der Waals surface area contributed by atoms with Gasteiger partial charge >= 0.3 is 12.4 Å². The molecule has 1 fully saturated rings. The Hall–Kier alpha value is -1.05. The van der Waals surface area contributed by atoms with Gasteiger partial charge in [0.05, 0.1) is 29.9 Å². The second kappa shape index (κ2) is 11.9. The number of nitrogens with zero attached hydrogens (tertiary/aromatic N) is 1. The van der Waals surface area contributed by atoms with Crippen molar-refractivity contribution in [3.63, 3.8) is 0 Å². The van der Waals surface area contributed by atoms with Crippen molar-refractivity contribution in [2.75, 3.05) is 14.2 Å². The quantitative estimate of drug-likeness (QED) is 0.191. The predicted octanol–water partition coefficient (Wildman–Crippen LogP) is 5.58. The molecule has 0 spiro atoms. The molecule has 2 N–H and O–H groups in total. The van der Waals surface area contributed by atoms with Crippen molar-refractivity contribution in [1.82, 2.24) is 4.31 Å². The SMILES string of the molecule is COO[SH+]N(C)C(C)(C)C.NOC1CCC(c2cc(C(F)(F)F)cc(C(F)(F)F)c2)CC1. The van der Waals surface area contributed by atoms with Gasteiger partial charge in [-0.05, 0) is 76.1 Å². The largest absolute Gasteiger partial charge is 0.416 e. The van der Waals surface area contributed by atoms with Crippen LogP contribution in [0.5, 0.6) is 0 Å². The number of benzene rings is 1. The monoisotopic (exact) mass is 493 g/mol. The van der Waals surface area contributed by atoms with Gasteiger partial charge in [-0.3, -0.25) is 0 Å². The fraction of sp³-hybridized carbons (Fsp3) is 0.700. The Balaban J connectivity index is 0.000000433. The third kappa shape index (κ3) is 9.44. The van der Waals surface area contributed by atoms with Crippen molar-refractivity contribution >= 4 is 12.2 Å². The Bertz CT molecular complexity index is 670. The van der Waals surface area contributed by atoms with Crippen molar-refractivity contribution in [2.24, 2.45) is 5.90 Å². The number of rotatable bonds is 5. The van der Waals surface area contributed by atoms with E-state index in [0.717, 1.165) is 24.4 Å². The standard InChI is InChI=1S/C14H15F6NO.C6H15NO2S/c15-13(16,17)10-5-9(6-11(7-10)14(18,19)20)8-1-3-12(22-21)4-2-8;1-6(2,3)7(4)10-9-8-5/h5-8,12H,1-4,21H2;1-5H3/p+1. The van der Waals surface area contributed by atoms with Crippen LogP contribution >= 0.6 is 0 Å². The summed E-state index contributed by atoms with van der Waals surface area (Å²) in [7, 11) is 3.48. The third-order valence-electron chi connectivity index (χ3n) is 5.15. The van der Waals surface area contributed by atoms with Gasteiger partial charge in [0.25, 0.3) is 12.2 Å². The number of halogens is 6. The second-order valence-electron chi connectivity index (χ2n) is 8.47. The fourth-order valence-corrected chi connectivity index (χ4v) is 3.36. The first-order valence-electron chi connectivity index (χ1n) is 9.89. The van der Waals surface area contributed by atoms with E-state index in [4.69, 9.17) is 10.2 Å². The first kappa shape index (κ1) is 29.0. The number of nitrogens with two attached hydrogens (primary N) is 1. The molecule has 1 saturated carbocycles. The van der Waals surface area contributed by atoms with E-state index in [-0.39, 0.29) is 29.2 Å². The van der Waals surface area contributed by atoms with Gasteiger partial charge in [-0.2, -0.15) is 31.2 Å². The molecule has 0 radical (unpaired) electrons. The van der Waals surface area contributed by atoms with E-state index in [1.165, 1.54) is 7.11 Å². The molecule has 0 amide bonds. The van der Waals surface area contributed by atoms with Gasteiger partial charge in [0.2, 0.25) is 0 Å². The molecule has 5 nitrogen and oxygen atoms in total. The second-order valence-corrected chi connectivity index (χ2v) is 9.38. The number of hydrogen-bond acceptors (Lipinski definition) is 5. The molecular formula is C20H31F6N2O3S+. The lowest BCUT2D eigenvalue weighted by molar-refractivity contribution is -0.166. The van der Waals surface area contributed by atoms with Crippen molar-refractivity contribution in [3.8, 4) is 0 Å². The van der Waals surface area contributed by atoms with Crippen LogP contribution in [-0.4, -0.2) is 30.1 Å². The Morgan fingerprint density at radius 1 is 0.906 bits per heavy atom. The minimum atomic E-state index is -4.81. The van der Waals surface area contributed by atoms with E-state index in [1.807, 2.05) is 11.4 Å². The Morgan fingerprint density at radius 3 is 1.72 bits per heavy atom. The molecule has 0 bridgehead atoms. The van der Waals surface area contributed by atoms with Crippen molar-refractivity contribution in [2.45, 2.75) is 76.4 Å². The van der Waals surface area contributed by atoms with Crippen LogP contribution in [-0.2, 0) is 38.6 Å². The highest BCUT2D eigenvalue weighted by molar-refractivity contribution is 7.70. The van der Waals surface area contributed by atoms with Crippen LogP contribution in [0.4, 0.5) is 26.3 Å². The van der Waals surface area contributed by atoms with Crippen molar-refractivity contribution < 1.29 is 40.4 Å². The molecule has 1 aromatic carbocycles. The third-order valence-corrected chi connectivity index (χ3v) is 6.21. The molecule has 0 heterocycles. The molecular weight excluding hydrogens is 462 g/mol. The predicted molar refractivity (Wildman–Crippen MR) is 111 cm³/mol. The zero-order valence-corrected chi connectivity index (χ0v) is 19.6. The Kier molecular flexibility index (Phi) is 10.8. The van der Waals surface area contributed by atoms with E-state index < -0.39 is 23.5 Å². The first-order valence-corrected chi connectivity index (χ1v) is 10.7. The molecule has 12 heteroatoms. The highest BCUT2D eigenvalue weighted by atomic mass is 32.2. The van der Waals surface area contributed by atoms with Crippen molar-refractivity contribution in [3.05, 3.63) is 34.9 Å². The van der Waals surface area contributed by atoms with Crippen molar-refractivity contribution in [1.29, 1.82) is 0 Å². The lowest BCUT2D eigenvalue weighted by Gasteiger charge is -2.28. The molecule has 0 unspecified atom stereocenters. The maximum Gasteiger partial charge on any atom is 0.416 e. The van der Waals surface area contributed by atoms with E-state index in [9.17, 15) is 26.3 Å². The maximum atomic E-state index is 12.8. The molecule has 32 heavy (non-hydrogen) atoms. The highest BCUT2D eigenvalue weighted by Crippen LogP contribution is 2.41. The van der Waals surface area contributed by atoms with Gasteiger partial charge in [0.15, 0.2) is 0 Å². The summed E-state index contributed by atoms with van der Waals surface area (Å²) in [6, 6.07) is 1.77. The molecule has 0 aromatic heterocycles. The Labute approximate surface area is 188 Å². The summed E-state index contributed by atoms with van der Waals surface area (Å²) in [5.41, 5.74) is -2.35. The van der Waals surface area contributed by atoms with Gasteiger partial charge in [-0.25, -0.2) is 5.90 Å². The van der Waals surface area contributed by atoms with Gasteiger partial charge in [0, 0.05) is 11.4 Å². The summed E-state index contributed by atoms with van der Waals surface area (Å²) in [6.07, 6.45) is -7.90. The molecule has 0 saturated heterocycles. The molecule has 0 aliphatic heterocycles. The number of alkyl halides is 6. The van der Waals surface area contributed by atoms with Gasteiger partial charge in [0.1, 0.15) is 0 Å². The minimum absolute atomic E-state index is 0.0672. The fourth-order valence-electron chi connectivity index (χ4n) is 2.95. The molecule has 2 rings (SSSR count). The topological polar surface area (TPSA) is 57.0 Å². The molecule has 1 aliphatic carbocycles. The lowest BCUT2D eigenvalue weighted by Crippen LogP contribution is -2.37.